The van der Waals surface area contributed by atoms with E-state index in [1.807, 2.05) is 48.5 Å². The molecule has 1 heterocycles. The lowest BCUT2D eigenvalue weighted by Gasteiger charge is -2.17. The first-order valence-electron chi connectivity index (χ1n) is 9.35. The number of benzene rings is 2. The molecule has 0 bridgehead atoms. The molecule has 0 spiro atoms. The van der Waals surface area contributed by atoms with Crippen LogP contribution in [0.3, 0.4) is 0 Å². The maximum atomic E-state index is 9.41. The average Bonchev–Trinajstić information content (AvgIpc) is 2.73. The van der Waals surface area contributed by atoms with Crippen molar-refractivity contribution in [3.63, 3.8) is 0 Å². The maximum Gasteiger partial charge on any atom is 0.130 e. The topological polar surface area (TPSA) is 63.6 Å². The van der Waals surface area contributed by atoms with E-state index < -0.39 is 0 Å². The minimum absolute atomic E-state index is 0.263. The van der Waals surface area contributed by atoms with Crippen LogP contribution in [0, 0.1) is 0 Å². The van der Waals surface area contributed by atoms with E-state index in [2.05, 4.69) is 17.2 Å². The third kappa shape index (κ3) is 5.72. The van der Waals surface area contributed by atoms with Crippen LogP contribution in [0.1, 0.15) is 23.7 Å². The van der Waals surface area contributed by atoms with Crippen molar-refractivity contribution in [3.8, 4) is 17.2 Å². The molecule has 0 aliphatic carbocycles. The van der Waals surface area contributed by atoms with Crippen molar-refractivity contribution in [1.29, 1.82) is 0 Å². The van der Waals surface area contributed by atoms with Gasteiger partial charge in [0.1, 0.15) is 23.9 Å². The Bertz CT molecular complexity index is 867. The van der Waals surface area contributed by atoms with Gasteiger partial charge in [0.25, 0.3) is 0 Å². The van der Waals surface area contributed by atoms with E-state index in [1.54, 1.807) is 25.4 Å². The third-order valence-corrected chi connectivity index (χ3v) is 4.49. The molecule has 5 heteroatoms. The predicted molar refractivity (Wildman–Crippen MR) is 110 cm³/mol. The summed E-state index contributed by atoms with van der Waals surface area (Å²) in [5.74, 6) is 1.90. The lowest BCUT2D eigenvalue weighted by Crippen LogP contribution is -2.27. The van der Waals surface area contributed by atoms with Gasteiger partial charge in [-0.15, -0.1) is 0 Å². The zero-order valence-electron chi connectivity index (χ0n) is 16.3. The lowest BCUT2D eigenvalue weighted by molar-refractivity contribution is 0.296. The summed E-state index contributed by atoms with van der Waals surface area (Å²) < 4.78 is 11.4. The molecule has 2 N–H and O–H groups in total. The number of hydrogen-bond donors (Lipinski definition) is 2. The standard InChI is InChI=1S/C23H26N2O3/c1-17(13-18-6-8-21(26)9-7-18)25-15-19-14-22(27-2)10-11-23(19)28-16-20-5-3-4-12-24-20/h3-12,14,17,25-26H,13,15-16H2,1-2H3. The van der Waals surface area contributed by atoms with Crippen LogP contribution >= 0.6 is 0 Å². The van der Waals surface area contributed by atoms with E-state index in [0.29, 0.717) is 13.2 Å². The van der Waals surface area contributed by atoms with Gasteiger partial charge in [-0.2, -0.15) is 0 Å². The van der Waals surface area contributed by atoms with Gasteiger partial charge in [-0.25, -0.2) is 0 Å². The van der Waals surface area contributed by atoms with Gasteiger partial charge in [-0.3, -0.25) is 4.98 Å². The molecule has 0 saturated carbocycles. The molecule has 146 valence electrons. The third-order valence-electron chi connectivity index (χ3n) is 4.49. The summed E-state index contributed by atoms with van der Waals surface area (Å²) in [6.07, 6.45) is 2.63. The number of pyridine rings is 1. The molecule has 0 radical (unpaired) electrons. The van der Waals surface area contributed by atoms with Gasteiger partial charge in [-0.1, -0.05) is 18.2 Å². The van der Waals surface area contributed by atoms with Crippen molar-refractivity contribution in [2.24, 2.45) is 0 Å². The SMILES string of the molecule is COc1ccc(OCc2ccccn2)c(CNC(C)Cc2ccc(O)cc2)c1. The summed E-state index contributed by atoms with van der Waals surface area (Å²) in [4.78, 5) is 4.30. The van der Waals surface area contributed by atoms with Crippen molar-refractivity contribution in [1.82, 2.24) is 10.3 Å². The fourth-order valence-electron chi connectivity index (χ4n) is 2.94. The molecule has 2 aromatic carbocycles. The molecular weight excluding hydrogens is 352 g/mol. The van der Waals surface area contributed by atoms with Crippen LogP contribution in [-0.2, 0) is 19.6 Å². The Morgan fingerprint density at radius 3 is 2.61 bits per heavy atom. The molecule has 28 heavy (non-hydrogen) atoms. The number of phenols is 1. The van der Waals surface area contributed by atoms with Gasteiger partial charge >= 0.3 is 0 Å². The molecule has 3 aromatic rings. The van der Waals surface area contributed by atoms with E-state index >= 15 is 0 Å². The zero-order valence-corrected chi connectivity index (χ0v) is 16.3. The number of rotatable bonds is 9. The van der Waals surface area contributed by atoms with Crippen LogP contribution in [0.25, 0.3) is 0 Å². The second kappa shape index (κ2) is 9.76. The van der Waals surface area contributed by atoms with Crippen LogP contribution in [0.4, 0.5) is 0 Å². The van der Waals surface area contributed by atoms with Crippen LogP contribution in [-0.4, -0.2) is 23.2 Å². The average molecular weight is 378 g/mol. The van der Waals surface area contributed by atoms with Crippen LogP contribution < -0.4 is 14.8 Å². The highest BCUT2D eigenvalue weighted by molar-refractivity contribution is 5.40. The maximum absolute atomic E-state index is 9.41. The second-order valence-electron chi connectivity index (χ2n) is 6.74. The van der Waals surface area contributed by atoms with Crippen LogP contribution in [0.15, 0.2) is 66.9 Å². The molecule has 0 saturated heterocycles. The Balaban J connectivity index is 1.62. The van der Waals surface area contributed by atoms with Gasteiger partial charge in [0, 0.05) is 24.3 Å². The number of aromatic nitrogens is 1. The predicted octanol–water partition coefficient (Wildman–Crippen LogP) is 4.10. The second-order valence-corrected chi connectivity index (χ2v) is 6.74. The monoisotopic (exact) mass is 378 g/mol. The van der Waals surface area contributed by atoms with Crippen LogP contribution in [0.2, 0.25) is 0 Å². The van der Waals surface area contributed by atoms with Crippen molar-refractivity contribution >= 4 is 0 Å². The molecule has 0 amide bonds. The molecular formula is C23H26N2O3. The first-order chi connectivity index (χ1) is 13.6. The minimum atomic E-state index is 0.263. The van der Waals surface area contributed by atoms with Gasteiger partial charge in [-0.05, 0) is 61.4 Å². The summed E-state index contributed by atoms with van der Waals surface area (Å²) in [5.41, 5.74) is 3.10. The van der Waals surface area contributed by atoms with E-state index in [4.69, 9.17) is 9.47 Å². The molecule has 1 atom stereocenters. The Labute approximate surface area is 166 Å². The van der Waals surface area contributed by atoms with E-state index in [-0.39, 0.29) is 11.8 Å². The number of methoxy groups -OCH3 is 1. The smallest absolute Gasteiger partial charge is 0.130 e. The Morgan fingerprint density at radius 1 is 1.07 bits per heavy atom. The fraction of sp³-hybridized carbons (Fsp3) is 0.261. The number of phenolic OH excluding ortho intramolecular Hbond substituents is 1. The van der Waals surface area contributed by atoms with Gasteiger partial charge < -0.3 is 19.9 Å². The Kier molecular flexibility index (Phi) is 6.87. The first kappa shape index (κ1) is 19.7. The number of hydrogen-bond acceptors (Lipinski definition) is 5. The summed E-state index contributed by atoms with van der Waals surface area (Å²) in [6, 6.07) is 19.2. The van der Waals surface area contributed by atoms with Gasteiger partial charge in [0.05, 0.1) is 12.8 Å². The molecule has 1 unspecified atom stereocenters. The van der Waals surface area contributed by atoms with E-state index in [0.717, 1.165) is 29.2 Å². The highest BCUT2D eigenvalue weighted by Gasteiger charge is 2.10. The Morgan fingerprint density at radius 2 is 1.89 bits per heavy atom. The number of nitrogens with one attached hydrogen (secondary N) is 1. The fourth-order valence-corrected chi connectivity index (χ4v) is 2.94. The van der Waals surface area contributed by atoms with Crippen molar-refractivity contribution in [2.45, 2.75) is 32.5 Å². The van der Waals surface area contributed by atoms with Gasteiger partial charge in [0.15, 0.2) is 0 Å². The number of ether oxygens (including phenoxy) is 2. The summed E-state index contributed by atoms with van der Waals surface area (Å²) >= 11 is 0. The summed E-state index contributed by atoms with van der Waals surface area (Å²) in [6.45, 7) is 3.22. The van der Waals surface area contributed by atoms with E-state index in [1.165, 1.54) is 5.56 Å². The molecule has 0 aliphatic heterocycles. The highest BCUT2D eigenvalue weighted by Crippen LogP contribution is 2.25. The largest absolute Gasteiger partial charge is 0.508 e. The van der Waals surface area contributed by atoms with Gasteiger partial charge in [0.2, 0.25) is 0 Å². The number of nitrogens with zero attached hydrogens (tertiary/aromatic N) is 1. The van der Waals surface area contributed by atoms with Crippen molar-refractivity contribution in [2.75, 3.05) is 7.11 Å². The van der Waals surface area contributed by atoms with Crippen LogP contribution in [0.5, 0.6) is 17.2 Å². The molecule has 3 rings (SSSR count). The quantitative estimate of drug-likeness (QED) is 0.587. The first-order valence-corrected chi connectivity index (χ1v) is 9.35. The Hall–Kier alpha value is -3.05. The normalized spacial score (nSPS) is 11.8. The molecule has 1 aromatic heterocycles. The van der Waals surface area contributed by atoms with E-state index in [9.17, 15) is 5.11 Å². The summed E-state index contributed by atoms with van der Waals surface area (Å²) in [5, 5.41) is 12.9. The van der Waals surface area contributed by atoms with Crippen molar-refractivity contribution < 1.29 is 14.6 Å². The molecule has 0 fully saturated rings. The zero-order chi connectivity index (χ0) is 19.8. The molecule has 0 aliphatic rings. The molecule has 5 nitrogen and oxygen atoms in total. The lowest BCUT2D eigenvalue weighted by atomic mass is 10.1. The number of aromatic hydroxyl groups is 1. The minimum Gasteiger partial charge on any atom is -0.508 e. The highest BCUT2D eigenvalue weighted by atomic mass is 16.5. The van der Waals surface area contributed by atoms with Crippen molar-refractivity contribution in [3.05, 3.63) is 83.7 Å². The summed E-state index contributed by atoms with van der Waals surface area (Å²) in [7, 11) is 1.66.